The van der Waals surface area contributed by atoms with Gasteiger partial charge < -0.3 is 0 Å². The Bertz CT molecular complexity index is 2220. The van der Waals surface area contributed by atoms with Gasteiger partial charge in [-0.2, -0.15) is 0 Å². The zero-order valence-corrected chi connectivity index (χ0v) is 53.9. The van der Waals surface area contributed by atoms with E-state index in [0.29, 0.717) is 0 Å². The Labute approximate surface area is 503 Å². The molecule has 0 unspecified atom stereocenters. The SMILES string of the molecule is C[Si](C)(C)C=CB(C1CCCCC1)C1CCCCC1.c1ccc(B(C2CCCCC2)C2CCCCC2)cc1.c1ccc(CB(C2CCCCC2)C2CCCCC2)cc1.c1ccc2c(B(C3CCCCC3)C3CCCCC3)cccc2c1. The first-order valence-electron chi connectivity index (χ1n) is 36.1. The topological polar surface area (TPSA) is 0 Å². The summed E-state index contributed by atoms with van der Waals surface area (Å²) in [4.78, 5) is 0. The van der Waals surface area contributed by atoms with E-state index >= 15 is 0 Å². The van der Waals surface area contributed by atoms with E-state index in [4.69, 9.17) is 0 Å². The molecule has 8 saturated carbocycles. The Morgan fingerprint density at radius 1 is 0.333 bits per heavy atom. The van der Waals surface area contributed by atoms with Crippen LogP contribution in [0.4, 0.5) is 0 Å². The molecular formula is C76H118B4Si. The maximum absolute atomic E-state index is 2.69. The van der Waals surface area contributed by atoms with Crippen molar-refractivity contribution in [3.05, 3.63) is 120 Å². The van der Waals surface area contributed by atoms with Gasteiger partial charge in [0, 0.05) is 0 Å². The molecule has 0 nitrogen and oxygen atoms in total. The molecule has 8 aliphatic rings. The van der Waals surface area contributed by atoms with Crippen molar-refractivity contribution in [1.29, 1.82) is 0 Å². The zero-order chi connectivity index (χ0) is 55.7. The Balaban J connectivity index is 0.000000131. The summed E-state index contributed by atoms with van der Waals surface area (Å²) in [7, 11) is -1.03. The van der Waals surface area contributed by atoms with Gasteiger partial charge in [-0.15, -0.1) is 11.7 Å². The molecule has 0 bridgehead atoms. The average molecular weight is 1100 g/mol. The lowest BCUT2D eigenvalue weighted by molar-refractivity contribution is 0.460. The smallest absolute Gasteiger partial charge is 0.122 e. The first-order valence-corrected chi connectivity index (χ1v) is 39.7. The van der Waals surface area contributed by atoms with Crippen molar-refractivity contribution in [2.75, 3.05) is 0 Å². The largest absolute Gasteiger partial charge is 0.183 e. The van der Waals surface area contributed by atoms with Gasteiger partial charge in [0.2, 0.25) is 0 Å². The molecule has 0 spiro atoms. The van der Waals surface area contributed by atoms with Crippen LogP contribution < -0.4 is 10.9 Å². The molecule has 8 aliphatic carbocycles. The van der Waals surface area contributed by atoms with Gasteiger partial charge in [-0.25, -0.2) is 0 Å². The monoisotopic (exact) mass is 1100 g/mol. The quantitative estimate of drug-likeness (QED) is 0.110. The van der Waals surface area contributed by atoms with Gasteiger partial charge in [0.25, 0.3) is 0 Å². The van der Waals surface area contributed by atoms with Crippen molar-refractivity contribution < 1.29 is 0 Å². The molecule has 4 aromatic rings. The minimum atomic E-state index is -1.03. The van der Waals surface area contributed by atoms with E-state index < -0.39 is 8.07 Å². The fourth-order valence-corrected chi connectivity index (χ4v) is 19.7. The highest BCUT2D eigenvalue weighted by molar-refractivity contribution is 6.83. The highest BCUT2D eigenvalue weighted by atomic mass is 28.3. The fraction of sp³-hybridized carbons (Fsp3) is 0.684. The van der Waals surface area contributed by atoms with Crippen LogP contribution in [-0.2, 0) is 6.32 Å². The first-order chi connectivity index (χ1) is 39.9. The predicted octanol–water partition coefficient (Wildman–Crippen LogP) is 23.3. The molecule has 0 atom stereocenters. The number of hydrogen-bond acceptors (Lipinski definition) is 0. The lowest BCUT2D eigenvalue weighted by Gasteiger charge is -2.36. The summed E-state index contributed by atoms with van der Waals surface area (Å²) in [6.45, 7) is 11.0. The van der Waals surface area contributed by atoms with Crippen LogP contribution in [0.25, 0.3) is 10.8 Å². The Hall–Kier alpha value is -2.64. The van der Waals surface area contributed by atoms with Crippen LogP contribution in [0.1, 0.15) is 262 Å². The lowest BCUT2D eigenvalue weighted by atomic mass is 9.27. The summed E-state index contributed by atoms with van der Waals surface area (Å²) in [6.07, 6.45) is 60.7. The van der Waals surface area contributed by atoms with Crippen molar-refractivity contribution in [3.8, 4) is 0 Å². The molecular weight excluding hydrogens is 984 g/mol. The van der Waals surface area contributed by atoms with E-state index in [-0.39, 0.29) is 0 Å². The predicted molar refractivity (Wildman–Crippen MR) is 370 cm³/mol. The molecule has 0 saturated heterocycles. The fourth-order valence-electron chi connectivity index (χ4n) is 18.9. The second-order valence-electron chi connectivity index (χ2n) is 29.9. The van der Waals surface area contributed by atoms with Crippen molar-refractivity contribution in [3.63, 3.8) is 0 Å². The van der Waals surface area contributed by atoms with E-state index in [1.165, 1.54) is 274 Å². The number of fused-ring (bicyclic) bond motifs is 1. The molecule has 0 heterocycles. The molecule has 5 heteroatoms. The lowest BCUT2D eigenvalue weighted by Crippen LogP contribution is -2.41. The van der Waals surface area contributed by atoms with Crippen LogP contribution in [0.5, 0.6) is 0 Å². The number of hydrogen-bond donors (Lipinski definition) is 0. The van der Waals surface area contributed by atoms with Crippen LogP contribution >= 0.6 is 0 Å². The molecule has 0 radical (unpaired) electrons. The van der Waals surface area contributed by atoms with E-state index in [1.807, 2.05) is 0 Å². The summed E-state index contributed by atoms with van der Waals surface area (Å²) in [5.74, 6) is 10.6. The third kappa shape index (κ3) is 20.0. The standard InChI is InChI=1S/C22H29B.C19H29B.C18H27B.C17H33BSi/c1-3-12-19(13-4-1)23(20-14-5-2-6-15-20)22-17-9-11-18-10-7-8-16-21(18)22;1-4-10-17(11-5-1)16-20(18-12-6-2-7-13-18)19-14-8-3-9-15-19;1-4-10-16(11-5-1)19(17-12-6-2-7-13-17)18-14-8-3-9-15-18;1-19(2,3)15-14-18(16-10-6-4-7-11-16)17-12-8-5-9-13-17/h7-11,16-17,19-20H,1-6,12-15H2;1,4-5,10-11,18-19H,2-3,6-9,12-16H2;1,4-5,10-11,17-18H,2-3,6-9,12-15H2;14-17H,4-13H2,1-3H3. The van der Waals surface area contributed by atoms with Crippen LogP contribution in [-0.4, -0.2) is 34.9 Å². The van der Waals surface area contributed by atoms with Gasteiger partial charge >= 0.3 is 0 Å². The number of rotatable bonds is 14. The van der Waals surface area contributed by atoms with Crippen LogP contribution in [0.3, 0.4) is 0 Å². The second-order valence-corrected chi connectivity index (χ2v) is 34.9. The van der Waals surface area contributed by atoms with Gasteiger partial charge in [0.15, 0.2) is 26.9 Å². The summed E-state index contributed by atoms with van der Waals surface area (Å²) in [6, 6.07) is 38.8. The molecule has 0 aliphatic heterocycles. The highest BCUT2D eigenvalue weighted by Crippen LogP contribution is 2.46. The summed E-state index contributed by atoms with van der Waals surface area (Å²) in [5, 5.41) is 2.96. The summed E-state index contributed by atoms with van der Waals surface area (Å²) in [5.41, 5.74) is 7.53. The number of benzene rings is 4. The average Bonchev–Trinajstić information content (AvgIpc) is 3.54. The molecule has 438 valence electrons. The van der Waals surface area contributed by atoms with Gasteiger partial charge in [0.1, 0.15) is 0 Å². The minimum Gasteiger partial charge on any atom is -0.122 e. The van der Waals surface area contributed by atoms with E-state index in [0.717, 1.165) is 73.4 Å². The highest BCUT2D eigenvalue weighted by Gasteiger charge is 2.39. The van der Waals surface area contributed by atoms with Crippen molar-refractivity contribution in [2.45, 2.75) is 329 Å². The molecule has 81 heavy (non-hydrogen) atoms. The first kappa shape index (κ1) is 62.9. The van der Waals surface area contributed by atoms with E-state index in [9.17, 15) is 0 Å². The van der Waals surface area contributed by atoms with Gasteiger partial charge in [-0.05, 0) is 17.1 Å². The van der Waals surface area contributed by atoms with Crippen LogP contribution in [0.2, 0.25) is 66.2 Å². The molecule has 0 amide bonds. The third-order valence-corrected chi connectivity index (χ3v) is 24.2. The maximum atomic E-state index is 2.69. The minimum absolute atomic E-state index is 0.807. The van der Waals surface area contributed by atoms with Crippen LogP contribution in [0.15, 0.2) is 115 Å². The van der Waals surface area contributed by atoms with Crippen molar-refractivity contribution >= 4 is 56.6 Å². The van der Waals surface area contributed by atoms with Gasteiger partial charge in [0.05, 0.1) is 8.07 Å². The maximum Gasteiger partial charge on any atom is 0.183 e. The Morgan fingerprint density at radius 2 is 0.667 bits per heavy atom. The van der Waals surface area contributed by atoms with Crippen molar-refractivity contribution in [1.82, 2.24) is 0 Å². The van der Waals surface area contributed by atoms with E-state index in [2.05, 4.69) is 134 Å². The molecule has 8 fully saturated rings. The Morgan fingerprint density at radius 3 is 1.07 bits per heavy atom. The van der Waals surface area contributed by atoms with Crippen molar-refractivity contribution in [2.24, 2.45) is 0 Å². The third-order valence-electron chi connectivity index (χ3n) is 23.0. The molecule has 4 aromatic carbocycles. The zero-order valence-electron chi connectivity index (χ0n) is 52.9. The van der Waals surface area contributed by atoms with Gasteiger partial charge in [-0.1, -0.05) is 443 Å². The summed E-state index contributed by atoms with van der Waals surface area (Å²) < 4.78 is 0. The summed E-state index contributed by atoms with van der Waals surface area (Å²) >= 11 is 0. The molecule has 12 rings (SSSR count). The molecule has 0 aromatic heterocycles. The van der Waals surface area contributed by atoms with Gasteiger partial charge in [-0.3, -0.25) is 0 Å². The normalized spacial score (nSPS) is 22.1. The van der Waals surface area contributed by atoms with Crippen LogP contribution in [0, 0.1) is 0 Å². The molecule has 0 N–H and O–H groups in total. The second kappa shape index (κ2) is 34.5. The van der Waals surface area contributed by atoms with E-state index in [1.54, 1.807) is 16.5 Å². The Kier molecular flexibility index (Phi) is 26.8.